The van der Waals surface area contributed by atoms with Crippen molar-refractivity contribution in [2.24, 2.45) is 5.92 Å². The Balaban J connectivity index is 2.51. The van der Waals surface area contributed by atoms with Crippen LogP contribution in [-0.4, -0.2) is 12.4 Å². The summed E-state index contributed by atoms with van der Waals surface area (Å²) in [5, 5.41) is 1.10. The van der Waals surface area contributed by atoms with Crippen molar-refractivity contribution in [3.8, 4) is 0 Å². The van der Waals surface area contributed by atoms with Crippen LogP contribution in [0.4, 0.5) is 0 Å². The molecule has 0 bridgehead atoms. The first-order valence-corrected chi connectivity index (χ1v) is 5.89. The van der Waals surface area contributed by atoms with Crippen molar-refractivity contribution in [1.29, 1.82) is 0 Å². The Morgan fingerprint density at radius 1 is 1.54 bits per heavy atom. The van der Waals surface area contributed by atoms with Crippen LogP contribution >= 0.6 is 15.9 Å². The smallest absolute Gasteiger partial charge is 0.0986 e. The van der Waals surface area contributed by atoms with E-state index in [0.717, 1.165) is 17.5 Å². The molecule has 1 nitrogen and oxygen atoms in total. The molecule has 0 saturated carbocycles. The molecule has 0 N–H and O–H groups in total. The van der Waals surface area contributed by atoms with Crippen LogP contribution in [0.3, 0.4) is 0 Å². The summed E-state index contributed by atoms with van der Waals surface area (Å²) in [4.78, 5) is 0. The number of halogens is 1. The molecule has 0 fully saturated rings. The highest BCUT2D eigenvalue weighted by Crippen LogP contribution is 2.27. The van der Waals surface area contributed by atoms with E-state index in [-0.39, 0.29) is 0 Å². The highest BCUT2D eigenvalue weighted by Gasteiger charge is 2.14. The molecule has 2 heteroatoms. The lowest BCUT2D eigenvalue weighted by atomic mass is 9.92. The summed E-state index contributed by atoms with van der Waals surface area (Å²) >= 11 is 3.45. The molecule has 1 atom stereocenters. The number of alkyl halides is 1. The van der Waals surface area contributed by atoms with E-state index in [1.165, 1.54) is 12.8 Å². The highest BCUT2D eigenvalue weighted by molar-refractivity contribution is 9.09. The fraction of sp³-hybridized carbons (Fsp3) is 0.636. The van der Waals surface area contributed by atoms with Crippen molar-refractivity contribution in [3.63, 3.8) is 0 Å². The van der Waals surface area contributed by atoms with E-state index in [1.807, 2.05) is 0 Å². The van der Waals surface area contributed by atoms with Gasteiger partial charge in [-0.2, -0.15) is 0 Å². The van der Waals surface area contributed by atoms with Crippen molar-refractivity contribution in [3.05, 3.63) is 23.5 Å². The zero-order chi connectivity index (χ0) is 9.68. The van der Waals surface area contributed by atoms with E-state index >= 15 is 0 Å². The Hall–Kier alpha value is -0.240. The van der Waals surface area contributed by atoms with Gasteiger partial charge in [0, 0.05) is 11.2 Å². The third-order valence-corrected chi connectivity index (χ3v) is 2.97. The third kappa shape index (κ3) is 3.18. The second-order valence-electron chi connectivity index (χ2n) is 3.50. The van der Waals surface area contributed by atoms with E-state index in [2.05, 4.69) is 35.0 Å². The summed E-state index contributed by atoms with van der Waals surface area (Å²) in [6.07, 6.45) is 7.92. The second-order valence-corrected chi connectivity index (χ2v) is 4.29. The SMILES string of the molecule is COC1=CC=C(CCCBr)CC1C. The summed E-state index contributed by atoms with van der Waals surface area (Å²) in [6, 6.07) is 0. The van der Waals surface area contributed by atoms with E-state index in [1.54, 1.807) is 12.7 Å². The molecule has 0 aliphatic heterocycles. The van der Waals surface area contributed by atoms with Gasteiger partial charge in [0.1, 0.15) is 0 Å². The quantitative estimate of drug-likeness (QED) is 0.687. The molecule has 1 aliphatic rings. The van der Waals surface area contributed by atoms with Gasteiger partial charge in [0.2, 0.25) is 0 Å². The molecule has 1 rings (SSSR count). The number of hydrogen-bond acceptors (Lipinski definition) is 1. The summed E-state index contributed by atoms with van der Waals surface area (Å²) in [6.45, 7) is 2.22. The fourth-order valence-electron chi connectivity index (χ4n) is 1.67. The van der Waals surface area contributed by atoms with Crippen LogP contribution < -0.4 is 0 Å². The maximum atomic E-state index is 5.26. The molecule has 74 valence electrons. The molecule has 1 aliphatic carbocycles. The van der Waals surface area contributed by atoms with Gasteiger partial charge in [-0.3, -0.25) is 0 Å². The van der Waals surface area contributed by atoms with Crippen LogP contribution in [0.5, 0.6) is 0 Å². The van der Waals surface area contributed by atoms with Gasteiger partial charge in [-0.05, 0) is 25.3 Å². The maximum Gasteiger partial charge on any atom is 0.0986 e. The Labute approximate surface area is 89.0 Å². The molecule has 0 radical (unpaired) electrons. The largest absolute Gasteiger partial charge is 0.501 e. The molecule has 0 spiro atoms. The predicted molar refractivity (Wildman–Crippen MR) is 60.0 cm³/mol. The van der Waals surface area contributed by atoms with Gasteiger partial charge in [-0.25, -0.2) is 0 Å². The molecular weight excluding hydrogens is 228 g/mol. The molecule has 0 heterocycles. The summed E-state index contributed by atoms with van der Waals surface area (Å²) in [7, 11) is 1.75. The topological polar surface area (TPSA) is 9.23 Å². The van der Waals surface area contributed by atoms with Gasteiger partial charge in [0.15, 0.2) is 0 Å². The molecular formula is C11H17BrO. The van der Waals surface area contributed by atoms with Crippen LogP contribution in [0.15, 0.2) is 23.5 Å². The fourth-order valence-corrected chi connectivity index (χ4v) is 1.96. The normalized spacial score (nSPS) is 22.2. The van der Waals surface area contributed by atoms with Gasteiger partial charge in [-0.15, -0.1) is 0 Å². The minimum Gasteiger partial charge on any atom is -0.501 e. The van der Waals surface area contributed by atoms with Crippen molar-refractivity contribution >= 4 is 15.9 Å². The Morgan fingerprint density at radius 2 is 2.31 bits per heavy atom. The summed E-state index contributed by atoms with van der Waals surface area (Å²) in [5.41, 5.74) is 1.55. The van der Waals surface area contributed by atoms with Crippen molar-refractivity contribution in [1.82, 2.24) is 0 Å². The first-order valence-electron chi connectivity index (χ1n) is 4.77. The standard InChI is InChI=1S/C11H17BrO/c1-9-8-10(4-3-7-12)5-6-11(9)13-2/h5-6,9H,3-4,7-8H2,1-2H3. The molecule has 13 heavy (non-hydrogen) atoms. The molecule has 0 saturated heterocycles. The van der Waals surface area contributed by atoms with Crippen molar-refractivity contribution in [2.45, 2.75) is 26.2 Å². The molecule has 0 aromatic carbocycles. The van der Waals surface area contributed by atoms with Crippen molar-refractivity contribution < 1.29 is 4.74 Å². The van der Waals surface area contributed by atoms with Crippen LogP contribution in [-0.2, 0) is 4.74 Å². The third-order valence-electron chi connectivity index (χ3n) is 2.40. The lowest BCUT2D eigenvalue weighted by Gasteiger charge is -2.20. The number of ether oxygens (including phenoxy) is 1. The summed E-state index contributed by atoms with van der Waals surface area (Å²) in [5.74, 6) is 1.67. The highest BCUT2D eigenvalue weighted by atomic mass is 79.9. The predicted octanol–water partition coefficient (Wildman–Crippen LogP) is 3.66. The van der Waals surface area contributed by atoms with E-state index in [4.69, 9.17) is 4.74 Å². The lowest BCUT2D eigenvalue weighted by molar-refractivity contribution is 0.244. The van der Waals surface area contributed by atoms with Crippen LogP contribution in [0.2, 0.25) is 0 Å². The van der Waals surface area contributed by atoms with Crippen LogP contribution in [0.1, 0.15) is 26.2 Å². The van der Waals surface area contributed by atoms with E-state index in [9.17, 15) is 0 Å². The van der Waals surface area contributed by atoms with E-state index in [0.29, 0.717) is 5.92 Å². The number of allylic oxidation sites excluding steroid dienone is 4. The first-order chi connectivity index (χ1) is 6.27. The van der Waals surface area contributed by atoms with Gasteiger partial charge in [0.25, 0.3) is 0 Å². The zero-order valence-corrected chi connectivity index (χ0v) is 9.93. The minimum absolute atomic E-state index is 0.556. The maximum absolute atomic E-state index is 5.26. The Morgan fingerprint density at radius 3 is 2.85 bits per heavy atom. The monoisotopic (exact) mass is 244 g/mol. The Kier molecular flexibility index (Phi) is 4.57. The summed E-state index contributed by atoms with van der Waals surface area (Å²) < 4.78 is 5.26. The lowest BCUT2D eigenvalue weighted by Crippen LogP contribution is -2.07. The van der Waals surface area contributed by atoms with Gasteiger partial charge in [-0.1, -0.05) is 34.5 Å². The van der Waals surface area contributed by atoms with Gasteiger partial charge < -0.3 is 4.74 Å². The van der Waals surface area contributed by atoms with Crippen LogP contribution in [0.25, 0.3) is 0 Å². The number of rotatable bonds is 4. The second kappa shape index (κ2) is 5.48. The molecule has 0 aromatic heterocycles. The molecule has 0 amide bonds. The van der Waals surface area contributed by atoms with Gasteiger partial charge >= 0.3 is 0 Å². The van der Waals surface area contributed by atoms with E-state index < -0.39 is 0 Å². The van der Waals surface area contributed by atoms with Gasteiger partial charge in [0.05, 0.1) is 12.9 Å². The zero-order valence-electron chi connectivity index (χ0n) is 8.35. The minimum atomic E-state index is 0.556. The average Bonchev–Trinajstić information content (AvgIpc) is 2.15. The molecule has 0 aromatic rings. The Bertz CT molecular complexity index is 218. The van der Waals surface area contributed by atoms with Crippen molar-refractivity contribution in [2.75, 3.05) is 12.4 Å². The average molecular weight is 245 g/mol. The number of methoxy groups -OCH3 is 1. The number of hydrogen-bond donors (Lipinski definition) is 0. The van der Waals surface area contributed by atoms with Crippen LogP contribution in [0, 0.1) is 5.92 Å². The first kappa shape index (κ1) is 10.8. The molecule has 1 unspecified atom stereocenters.